The van der Waals surface area contributed by atoms with Gasteiger partial charge in [0.15, 0.2) is 10.9 Å². The molecule has 0 spiro atoms. The Labute approximate surface area is 125 Å². The van der Waals surface area contributed by atoms with Gasteiger partial charge >= 0.3 is 5.69 Å². The maximum atomic E-state index is 12.1. The van der Waals surface area contributed by atoms with E-state index in [4.69, 9.17) is 11.6 Å². The van der Waals surface area contributed by atoms with E-state index in [-0.39, 0.29) is 23.3 Å². The number of carbonyl (C=O) groups is 1. The van der Waals surface area contributed by atoms with Crippen molar-refractivity contribution in [3.05, 3.63) is 45.3 Å². The molecule has 5 nitrogen and oxygen atoms in total. The molecule has 0 amide bonds. The van der Waals surface area contributed by atoms with Crippen LogP contribution in [0.3, 0.4) is 0 Å². The number of nitrogens with one attached hydrogen (secondary N) is 1. The first-order valence-corrected chi connectivity index (χ1v) is 7.44. The van der Waals surface area contributed by atoms with E-state index in [1.54, 1.807) is 24.3 Å². The van der Waals surface area contributed by atoms with Crippen LogP contribution in [-0.2, 0) is 0 Å². The number of thioether (sulfide) groups is 1. The van der Waals surface area contributed by atoms with Gasteiger partial charge in [-0.15, -0.1) is 5.10 Å². The van der Waals surface area contributed by atoms with Crippen molar-refractivity contribution in [2.75, 3.05) is 5.75 Å². The SMILES string of the molecule is CC(C)n1c(SCC(=O)c2cccc(Cl)c2)n[nH]c1=O. The molecule has 0 bridgehead atoms. The predicted octanol–water partition coefficient (Wildman–Crippen LogP) is 2.78. The lowest BCUT2D eigenvalue weighted by molar-refractivity contribution is 0.102. The van der Waals surface area contributed by atoms with Crippen LogP contribution in [0.4, 0.5) is 0 Å². The van der Waals surface area contributed by atoms with Crippen molar-refractivity contribution >= 4 is 29.1 Å². The third-order valence-corrected chi connectivity index (χ3v) is 3.86. The molecule has 0 radical (unpaired) electrons. The molecule has 0 aliphatic carbocycles. The van der Waals surface area contributed by atoms with Crippen molar-refractivity contribution in [2.45, 2.75) is 25.0 Å². The van der Waals surface area contributed by atoms with Gasteiger partial charge in [0.2, 0.25) is 0 Å². The Morgan fingerprint density at radius 2 is 2.25 bits per heavy atom. The average molecular weight is 312 g/mol. The Bertz CT molecular complexity index is 678. The normalized spacial score (nSPS) is 11.0. The minimum absolute atomic E-state index is 0.00924. The number of benzene rings is 1. The van der Waals surface area contributed by atoms with Crippen LogP contribution < -0.4 is 5.69 Å². The van der Waals surface area contributed by atoms with Crippen molar-refractivity contribution in [2.24, 2.45) is 0 Å². The summed E-state index contributed by atoms with van der Waals surface area (Å²) in [6.45, 7) is 3.78. The van der Waals surface area contributed by atoms with Crippen molar-refractivity contribution in [3.63, 3.8) is 0 Å². The largest absolute Gasteiger partial charge is 0.344 e. The standard InChI is InChI=1S/C13H14ClN3O2S/c1-8(2)17-12(19)15-16-13(17)20-7-11(18)9-4-3-5-10(14)6-9/h3-6,8H,7H2,1-2H3,(H,15,19). The van der Waals surface area contributed by atoms with Gasteiger partial charge in [0.05, 0.1) is 5.75 Å². The molecule has 0 saturated heterocycles. The molecule has 2 aromatic rings. The maximum Gasteiger partial charge on any atom is 0.344 e. The van der Waals surface area contributed by atoms with E-state index in [1.165, 1.54) is 16.3 Å². The fraction of sp³-hybridized carbons (Fsp3) is 0.308. The number of rotatable bonds is 5. The number of halogens is 1. The van der Waals surface area contributed by atoms with Crippen molar-refractivity contribution in [3.8, 4) is 0 Å². The Morgan fingerprint density at radius 1 is 1.50 bits per heavy atom. The zero-order chi connectivity index (χ0) is 14.7. The number of aromatic amines is 1. The van der Waals surface area contributed by atoms with Crippen LogP contribution in [0.15, 0.2) is 34.2 Å². The molecule has 0 atom stereocenters. The molecule has 0 saturated carbocycles. The number of hydrogen-bond acceptors (Lipinski definition) is 4. The summed E-state index contributed by atoms with van der Waals surface area (Å²) in [5.74, 6) is 0.153. The minimum atomic E-state index is -0.266. The lowest BCUT2D eigenvalue weighted by atomic mass is 10.1. The number of ketones is 1. The highest BCUT2D eigenvalue weighted by Crippen LogP contribution is 2.19. The molecule has 7 heteroatoms. The molecule has 1 aromatic carbocycles. The molecule has 106 valence electrons. The fourth-order valence-corrected chi connectivity index (χ4v) is 2.88. The third kappa shape index (κ3) is 3.32. The second kappa shape index (κ2) is 6.28. The molecular formula is C13H14ClN3O2S. The zero-order valence-corrected chi connectivity index (χ0v) is 12.7. The lowest BCUT2D eigenvalue weighted by Gasteiger charge is -2.08. The highest BCUT2D eigenvalue weighted by molar-refractivity contribution is 7.99. The van der Waals surface area contributed by atoms with E-state index in [0.717, 1.165) is 0 Å². The number of Topliss-reactive ketones (excluding diaryl/α,β-unsaturated/α-hetero) is 1. The monoisotopic (exact) mass is 311 g/mol. The summed E-state index contributed by atoms with van der Waals surface area (Å²) in [7, 11) is 0. The van der Waals surface area contributed by atoms with Gasteiger partial charge in [-0.2, -0.15) is 0 Å². The second-order valence-corrected chi connectivity index (χ2v) is 5.88. The first-order valence-electron chi connectivity index (χ1n) is 6.07. The van der Waals surface area contributed by atoms with Crippen LogP contribution in [0.5, 0.6) is 0 Å². The second-order valence-electron chi connectivity index (χ2n) is 4.50. The molecule has 0 unspecified atom stereocenters. The van der Waals surface area contributed by atoms with Crippen LogP contribution in [-0.4, -0.2) is 26.3 Å². The maximum absolute atomic E-state index is 12.1. The predicted molar refractivity (Wildman–Crippen MR) is 79.7 cm³/mol. The number of hydrogen-bond donors (Lipinski definition) is 1. The van der Waals surface area contributed by atoms with Crippen molar-refractivity contribution in [1.29, 1.82) is 0 Å². The van der Waals surface area contributed by atoms with Crippen LogP contribution >= 0.6 is 23.4 Å². The summed E-state index contributed by atoms with van der Waals surface area (Å²) in [5, 5.41) is 7.37. The minimum Gasteiger partial charge on any atom is -0.293 e. The number of nitrogens with zero attached hydrogens (tertiary/aromatic N) is 2. The first kappa shape index (κ1) is 14.9. The summed E-state index contributed by atoms with van der Waals surface area (Å²) in [4.78, 5) is 23.6. The molecule has 0 fully saturated rings. The first-order chi connectivity index (χ1) is 9.49. The van der Waals surface area contributed by atoms with Gasteiger partial charge in [0, 0.05) is 16.6 Å². The van der Waals surface area contributed by atoms with Gasteiger partial charge in [-0.3, -0.25) is 9.36 Å². The Kier molecular flexibility index (Phi) is 4.67. The molecule has 2 rings (SSSR count). The zero-order valence-electron chi connectivity index (χ0n) is 11.1. The Hall–Kier alpha value is -1.53. The smallest absolute Gasteiger partial charge is 0.293 e. The molecule has 1 heterocycles. The lowest BCUT2D eigenvalue weighted by Crippen LogP contribution is -2.19. The Morgan fingerprint density at radius 3 is 2.90 bits per heavy atom. The molecule has 1 N–H and O–H groups in total. The van der Waals surface area contributed by atoms with E-state index in [0.29, 0.717) is 15.7 Å². The quantitative estimate of drug-likeness (QED) is 0.681. The number of H-pyrrole nitrogens is 1. The number of carbonyl (C=O) groups excluding carboxylic acids is 1. The molecular weight excluding hydrogens is 298 g/mol. The van der Waals surface area contributed by atoms with Gasteiger partial charge in [-0.25, -0.2) is 9.89 Å². The van der Waals surface area contributed by atoms with Crippen LogP contribution in [0.1, 0.15) is 30.2 Å². The van der Waals surface area contributed by atoms with Gasteiger partial charge in [0.25, 0.3) is 0 Å². The third-order valence-electron chi connectivity index (χ3n) is 2.67. The summed E-state index contributed by atoms with van der Waals surface area (Å²) >= 11 is 7.09. The average Bonchev–Trinajstić information content (AvgIpc) is 2.77. The number of aromatic nitrogens is 3. The van der Waals surface area contributed by atoms with Crippen molar-refractivity contribution in [1.82, 2.24) is 14.8 Å². The van der Waals surface area contributed by atoms with Crippen molar-refractivity contribution < 1.29 is 4.79 Å². The summed E-state index contributed by atoms with van der Waals surface area (Å²) in [5.41, 5.74) is 0.289. The molecule has 20 heavy (non-hydrogen) atoms. The van der Waals surface area contributed by atoms with E-state index in [1.807, 2.05) is 13.8 Å². The van der Waals surface area contributed by atoms with Gasteiger partial charge in [-0.05, 0) is 26.0 Å². The van der Waals surface area contributed by atoms with E-state index in [9.17, 15) is 9.59 Å². The molecule has 0 aliphatic heterocycles. The fourth-order valence-electron chi connectivity index (χ4n) is 1.72. The van der Waals surface area contributed by atoms with Gasteiger partial charge in [-0.1, -0.05) is 35.5 Å². The van der Waals surface area contributed by atoms with Crippen LogP contribution in [0.2, 0.25) is 5.02 Å². The highest BCUT2D eigenvalue weighted by Gasteiger charge is 2.14. The van der Waals surface area contributed by atoms with E-state index < -0.39 is 0 Å². The summed E-state index contributed by atoms with van der Waals surface area (Å²) in [6.07, 6.45) is 0. The van der Waals surface area contributed by atoms with Crippen LogP contribution in [0.25, 0.3) is 0 Å². The molecule has 0 aliphatic rings. The van der Waals surface area contributed by atoms with E-state index >= 15 is 0 Å². The highest BCUT2D eigenvalue weighted by atomic mass is 35.5. The van der Waals surface area contributed by atoms with Crippen LogP contribution in [0, 0.1) is 0 Å². The summed E-state index contributed by atoms with van der Waals surface area (Å²) < 4.78 is 1.52. The topological polar surface area (TPSA) is 67.8 Å². The summed E-state index contributed by atoms with van der Waals surface area (Å²) in [6, 6.07) is 6.79. The van der Waals surface area contributed by atoms with E-state index in [2.05, 4.69) is 10.2 Å². The molecule has 1 aromatic heterocycles. The Balaban J connectivity index is 2.10. The van der Waals surface area contributed by atoms with Gasteiger partial charge < -0.3 is 0 Å². The van der Waals surface area contributed by atoms with Gasteiger partial charge in [0.1, 0.15) is 0 Å².